The Hall–Kier alpha value is -2.45. The molecule has 1 amide bonds. The minimum atomic E-state index is -0.664. The lowest BCUT2D eigenvalue weighted by Crippen LogP contribution is -2.26. The summed E-state index contributed by atoms with van der Waals surface area (Å²) >= 11 is 5.64. The number of nitrogens with one attached hydrogen (secondary N) is 1. The summed E-state index contributed by atoms with van der Waals surface area (Å²) in [6, 6.07) is 3.80. The zero-order chi connectivity index (χ0) is 22.2. The first-order valence-electron chi connectivity index (χ1n) is 10.6. The topological polar surface area (TPSA) is 82.5 Å². The Morgan fingerprint density at radius 3 is 2.94 bits per heavy atom. The number of fused-ring (bicyclic) bond motifs is 1. The fourth-order valence-corrected chi connectivity index (χ4v) is 3.61. The Bertz CT molecular complexity index is 932. The van der Waals surface area contributed by atoms with Crippen molar-refractivity contribution in [3.63, 3.8) is 0 Å². The molecule has 0 saturated heterocycles. The predicted molar refractivity (Wildman–Crippen MR) is 114 cm³/mol. The first kappa shape index (κ1) is 23.2. The van der Waals surface area contributed by atoms with Crippen LogP contribution in [-0.2, 0) is 28.9 Å². The van der Waals surface area contributed by atoms with Crippen LogP contribution in [0.2, 0.25) is 5.02 Å². The first-order chi connectivity index (χ1) is 15.0. The molecule has 1 aromatic carbocycles. The Kier molecular flexibility index (Phi) is 8.43. The molecule has 1 aliphatic rings. The number of esters is 1. The van der Waals surface area contributed by atoms with E-state index in [0.717, 1.165) is 30.3 Å². The predicted octanol–water partition coefficient (Wildman–Crippen LogP) is 3.57. The molecule has 168 valence electrons. The molecule has 1 aromatic heterocycles. The van der Waals surface area contributed by atoms with E-state index < -0.39 is 11.8 Å². The number of carbonyl (C=O) groups excluding carboxylic acids is 2. The summed E-state index contributed by atoms with van der Waals surface area (Å²) in [5, 5.41) is 7.54. The molecule has 0 atom stereocenters. The van der Waals surface area contributed by atoms with Gasteiger partial charge in [0.2, 0.25) is 0 Å². The van der Waals surface area contributed by atoms with Crippen molar-refractivity contribution in [2.24, 2.45) is 0 Å². The number of rotatable bonds is 6. The highest BCUT2D eigenvalue weighted by atomic mass is 35.5. The Balaban J connectivity index is 1.65. The van der Waals surface area contributed by atoms with Crippen molar-refractivity contribution in [3.05, 3.63) is 51.6 Å². The molecule has 0 radical (unpaired) electrons. The van der Waals surface area contributed by atoms with E-state index in [0.29, 0.717) is 51.1 Å². The van der Waals surface area contributed by atoms with Crippen LogP contribution < -0.4 is 5.32 Å². The van der Waals surface area contributed by atoms with Gasteiger partial charge in [-0.1, -0.05) is 18.5 Å². The molecule has 2 heterocycles. The van der Waals surface area contributed by atoms with Gasteiger partial charge in [0.25, 0.3) is 5.91 Å². The number of hydrogen-bond acceptors (Lipinski definition) is 5. The summed E-state index contributed by atoms with van der Waals surface area (Å²) in [6.07, 6.45) is 3.42. The number of benzene rings is 1. The van der Waals surface area contributed by atoms with Gasteiger partial charge in [-0.15, -0.1) is 0 Å². The highest BCUT2D eigenvalue weighted by molar-refractivity contribution is 6.30. The lowest BCUT2D eigenvalue weighted by molar-refractivity contribution is 0.0494. The molecule has 0 bridgehead atoms. The molecular formula is C22H27ClFN3O4. The maximum absolute atomic E-state index is 13.5. The molecule has 2 aromatic rings. The molecule has 0 aliphatic carbocycles. The zero-order valence-corrected chi connectivity index (χ0v) is 18.3. The van der Waals surface area contributed by atoms with Crippen LogP contribution in [0.25, 0.3) is 0 Å². The van der Waals surface area contributed by atoms with Gasteiger partial charge < -0.3 is 14.8 Å². The molecule has 0 unspecified atom stereocenters. The van der Waals surface area contributed by atoms with Crippen molar-refractivity contribution in [2.45, 2.75) is 45.6 Å². The van der Waals surface area contributed by atoms with Gasteiger partial charge in [0.15, 0.2) is 0 Å². The minimum Gasteiger partial charge on any atom is -0.462 e. The second-order valence-electron chi connectivity index (χ2n) is 7.29. The van der Waals surface area contributed by atoms with Crippen molar-refractivity contribution in [1.82, 2.24) is 15.1 Å². The van der Waals surface area contributed by atoms with Gasteiger partial charge in [0.05, 0.1) is 34.1 Å². The maximum Gasteiger partial charge on any atom is 0.338 e. The van der Waals surface area contributed by atoms with Gasteiger partial charge >= 0.3 is 5.97 Å². The van der Waals surface area contributed by atoms with E-state index in [2.05, 4.69) is 10.4 Å². The van der Waals surface area contributed by atoms with E-state index in [9.17, 15) is 14.0 Å². The van der Waals surface area contributed by atoms with Crippen LogP contribution in [0.15, 0.2) is 18.2 Å². The summed E-state index contributed by atoms with van der Waals surface area (Å²) in [6.45, 7) is 4.45. The van der Waals surface area contributed by atoms with Gasteiger partial charge in [-0.25, -0.2) is 9.18 Å². The number of aryl methyl sites for hydroxylation is 2. The van der Waals surface area contributed by atoms with Crippen molar-refractivity contribution in [1.29, 1.82) is 0 Å². The summed E-state index contributed by atoms with van der Waals surface area (Å²) < 4.78 is 26.2. The number of carbonyl (C=O) groups is 2. The van der Waals surface area contributed by atoms with Crippen LogP contribution in [0.1, 0.15) is 58.3 Å². The molecule has 1 aliphatic heterocycles. The number of nitrogens with zero attached hydrogens (tertiary/aromatic N) is 2. The van der Waals surface area contributed by atoms with Gasteiger partial charge in [-0.2, -0.15) is 5.10 Å². The van der Waals surface area contributed by atoms with Crippen LogP contribution in [-0.4, -0.2) is 48.0 Å². The smallest absolute Gasteiger partial charge is 0.338 e. The lowest BCUT2D eigenvalue weighted by atomic mass is 10.1. The van der Waals surface area contributed by atoms with E-state index in [4.69, 9.17) is 21.1 Å². The quantitative estimate of drug-likeness (QED) is 0.536. The second-order valence-corrected chi connectivity index (χ2v) is 7.70. The first-order valence-corrected chi connectivity index (χ1v) is 11.0. The monoisotopic (exact) mass is 451 g/mol. The third kappa shape index (κ3) is 6.04. The fourth-order valence-electron chi connectivity index (χ4n) is 3.49. The fraction of sp³-hybridized carbons (Fsp3) is 0.500. The zero-order valence-electron chi connectivity index (χ0n) is 17.6. The Morgan fingerprint density at radius 2 is 2.16 bits per heavy atom. The van der Waals surface area contributed by atoms with Crippen molar-refractivity contribution in [3.8, 4) is 0 Å². The van der Waals surface area contributed by atoms with E-state index in [1.165, 1.54) is 12.1 Å². The van der Waals surface area contributed by atoms with Crippen LogP contribution in [0.5, 0.6) is 0 Å². The number of hydrogen-bond donors (Lipinski definition) is 1. The Labute approximate surface area is 185 Å². The van der Waals surface area contributed by atoms with Crippen LogP contribution in [0.4, 0.5) is 4.39 Å². The summed E-state index contributed by atoms with van der Waals surface area (Å²) in [5.41, 5.74) is 2.41. The SMILES string of the molecule is CCc1nn(CCCOC(=O)c2ccc(Cl)c(F)c2)c2c1C(=O)NCCCOCCC2. The average molecular weight is 452 g/mol. The highest BCUT2D eigenvalue weighted by Crippen LogP contribution is 2.19. The van der Waals surface area contributed by atoms with Crippen LogP contribution in [0.3, 0.4) is 0 Å². The molecule has 31 heavy (non-hydrogen) atoms. The van der Waals surface area contributed by atoms with Crippen molar-refractivity contribution in [2.75, 3.05) is 26.4 Å². The van der Waals surface area contributed by atoms with Crippen molar-refractivity contribution < 1.29 is 23.5 Å². The van der Waals surface area contributed by atoms with E-state index in [-0.39, 0.29) is 23.1 Å². The molecule has 0 fully saturated rings. The van der Waals surface area contributed by atoms with E-state index in [1.807, 2.05) is 11.6 Å². The second kappa shape index (κ2) is 11.2. The van der Waals surface area contributed by atoms with E-state index >= 15 is 0 Å². The van der Waals surface area contributed by atoms with Crippen LogP contribution >= 0.6 is 11.6 Å². The van der Waals surface area contributed by atoms with Crippen LogP contribution in [0, 0.1) is 5.82 Å². The van der Waals surface area contributed by atoms with Gasteiger partial charge in [-0.05, 0) is 43.9 Å². The molecule has 9 heteroatoms. The lowest BCUT2D eigenvalue weighted by Gasteiger charge is -2.10. The normalized spacial score (nSPS) is 15.0. The van der Waals surface area contributed by atoms with E-state index in [1.54, 1.807) is 0 Å². The van der Waals surface area contributed by atoms with Crippen molar-refractivity contribution >= 4 is 23.5 Å². The summed E-state index contributed by atoms with van der Waals surface area (Å²) in [5.74, 6) is -1.37. The third-order valence-corrected chi connectivity index (χ3v) is 5.35. The molecule has 0 saturated carbocycles. The third-order valence-electron chi connectivity index (χ3n) is 5.05. The molecule has 3 rings (SSSR count). The summed E-state index contributed by atoms with van der Waals surface area (Å²) in [4.78, 5) is 24.9. The standard InChI is InChI=1S/C22H27ClFN3O4/c1-2-18-20-19(6-3-11-30-12-4-9-25-21(20)28)27(26-18)10-5-13-31-22(29)15-7-8-16(23)17(24)14-15/h7-8,14H,2-6,9-13H2,1H3,(H,25,28). The molecular weight excluding hydrogens is 425 g/mol. The average Bonchev–Trinajstić information content (AvgIpc) is 3.10. The Morgan fingerprint density at radius 1 is 1.35 bits per heavy atom. The molecule has 1 N–H and O–H groups in total. The number of ether oxygens (including phenoxy) is 2. The number of halogens is 2. The minimum absolute atomic E-state index is 0.0462. The number of amides is 1. The van der Waals surface area contributed by atoms with Gasteiger partial charge in [-0.3, -0.25) is 9.48 Å². The number of aromatic nitrogens is 2. The van der Waals surface area contributed by atoms with Gasteiger partial charge in [0.1, 0.15) is 5.82 Å². The maximum atomic E-state index is 13.5. The molecule has 7 nitrogen and oxygen atoms in total. The highest BCUT2D eigenvalue weighted by Gasteiger charge is 2.23. The summed E-state index contributed by atoms with van der Waals surface area (Å²) in [7, 11) is 0. The van der Waals surface area contributed by atoms with Gasteiger partial charge in [0, 0.05) is 32.7 Å². The molecule has 0 spiro atoms. The largest absolute Gasteiger partial charge is 0.462 e.